The largest absolute Gasteiger partial charge is 0.489 e. The van der Waals surface area contributed by atoms with Gasteiger partial charge in [0.05, 0.1) is 0 Å². The van der Waals surface area contributed by atoms with Crippen molar-refractivity contribution in [3.8, 4) is 5.75 Å². The van der Waals surface area contributed by atoms with Gasteiger partial charge in [0.1, 0.15) is 12.4 Å². The number of nitrogens with one attached hydrogen (secondary N) is 2. The number of halogens is 3. The zero-order chi connectivity index (χ0) is 17.6. The molecule has 1 atom stereocenters. The Hall–Kier alpha value is -0.780. The summed E-state index contributed by atoms with van der Waals surface area (Å²) in [5.74, 6) is 0.769. The molecule has 1 saturated heterocycles. The van der Waals surface area contributed by atoms with Gasteiger partial charge in [0.2, 0.25) is 0 Å². The number of ether oxygens (including phenoxy) is 1. The first kappa shape index (κ1) is 19.0. The Morgan fingerprint density at radius 2 is 2.04 bits per heavy atom. The average molecular weight is 444 g/mol. The van der Waals surface area contributed by atoms with E-state index < -0.39 is 0 Å². The fourth-order valence-corrected chi connectivity index (χ4v) is 3.97. The number of hydrogen-bond donors (Lipinski definition) is 2. The van der Waals surface area contributed by atoms with Crippen LogP contribution in [0.15, 0.2) is 40.9 Å². The minimum absolute atomic E-state index is 0.455. The van der Waals surface area contributed by atoms with E-state index >= 15 is 0 Å². The molecular formula is C19H21BrCl2N2O. The summed E-state index contributed by atoms with van der Waals surface area (Å²) in [5.41, 5.74) is 2.16. The fourth-order valence-electron chi connectivity index (χ4n) is 2.93. The molecule has 0 aliphatic carbocycles. The van der Waals surface area contributed by atoms with Gasteiger partial charge in [-0.1, -0.05) is 45.2 Å². The molecule has 0 bridgehead atoms. The zero-order valence-corrected chi connectivity index (χ0v) is 16.9. The van der Waals surface area contributed by atoms with Crippen LogP contribution in [0.2, 0.25) is 10.0 Å². The summed E-state index contributed by atoms with van der Waals surface area (Å²) in [6.45, 7) is 3.33. The molecule has 0 unspecified atom stereocenters. The highest BCUT2D eigenvalue weighted by atomic mass is 79.9. The smallest absolute Gasteiger partial charge is 0.121 e. The van der Waals surface area contributed by atoms with Crippen LogP contribution in [0.25, 0.3) is 0 Å². The van der Waals surface area contributed by atoms with Crippen molar-refractivity contribution < 1.29 is 4.74 Å². The Bertz CT molecular complexity index is 721. The van der Waals surface area contributed by atoms with E-state index in [-0.39, 0.29) is 0 Å². The Kier molecular flexibility index (Phi) is 7.02. The summed E-state index contributed by atoms with van der Waals surface area (Å²) in [4.78, 5) is 0. The molecule has 2 aromatic rings. The van der Waals surface area contributed by atoms with E-state index in [1.54, 1.807) is 0 Å². The first-order valence-corrected chi connectivity index (χ1v) is 9.95. The van der Waals surface area contributed by atoms with Crippen LogP contribution in [0.4, 0.5) is 0 Å². The second-order valence-electron chi connectivity index (χ2n) is 6.24. The summed E-state index contributed by atoms with van der Waals surface area (Å²) < 4.78 is 6.85. The number of hydrogen-bond acceptors (Lipinski definition) is 3. The first-order valence-electron chi connectivity index (χ1n) is 8.40. The maximum atomic E-state index is 6.24. The summed E-state index contributed by atoms with van der Waals surface area (Å²) in [6.07, 6.45) is 2.51. The van der Waals surface area contributed by atoms with E-state index in [0.29, 0.717) is 22.7 Å². The van der Waals surface area contributed by atoms with Crippen molar-refractivity contribution in [3.63, 3.8) is 0 Å². The zero-order valence-electron chi connectivity index (χ0n) is 13.8. The highest BCUT2D eigenvalue weighted by molar-refractivity contribution is 9.10. The number of benzene rings is 2. The average Bonchev–Trinajstić information content (AvgIpc) is 3.07. The molecule has 1 heterocycles. The van der Waals surface area contributed by atoms with Gasteiger partial charge in [0.15, 0.2) is 0 Å². The van der Waals surface area contributed by atoms with E-state index in [1.807, 2.05) is 36.4 Å². The second-order valence-corrected chi connectivity index (χ2v) is 7.97. The van der Waals surface area contributed by atoms with Gasteiger partial charge in [-0.05, 0) is 55.3 Å². The Morgan fingerprint density at radius 1 is 1.16 bits per heavy atom. The predicted molar refractivity (Wildman–Crippen MR) is 108 cm³/mol. The molecule has 1 fully saturated rings. The minimum Gasteiger partial charge on any atom is -0.489 e. The second kappa shape index (κ2) is 9.24. The van der Waals surface area contributed by atoms with Gasteiger partial charge in [-0.2, -0.15) is 0 Å². The molecule has 134 valence electrons. The molecule has 2 N–H and O–H groups in total. The summed E-state index contributed by atoms with van der Waals surface area (Å²) >= 11 is 15.7. The first-order chi connectivity index (χ1) is 12.1. The highest BCUT2D eigenvalue weighted by Crippen LogP contribution is 2.25. The molecule has 1 aliphatic rings. The lowest BCUT2D eigenvalue weighted by Gasteiger charge is -2.13. The van der Waals surface area contributed by atoms with Gasteiger partial charge in [-0.15, -0.1) is 0 Å². The molecule has 1 aliphatic heterocycles. The third-order valence-electron chi connectivity index (χ3n) is 4.22. The number of rotatable bonds is 7. The molecule has 2 aromatic carbocycles. The van der Waals surface area contributed by atoms with E-state index in [0.717, 1.165) is 41.0 Å². The van der Waals surface area contributed by atoms with E-state index in [9.17, 15) is 0 Å². The normalized spacial score (nSPS) is 17.0. The molecule has 0 radical (unpaired) electrons. The molecule has 0 spiro atoms. The lowest BCUT2D eigenvalue weighted by atomic mass is 10.2. The van der Waals surface area contributed by atoms with Crippen LogP contribution in [-0.4, -0.2) is 19.1 Å². The van der Waals surface area contributed by atoms with E-state index in [1.165, 1.54) is 12.8 Å². The highest BCUT2D eigenvalue weighted by Gasteiger charge is 2.13. The predicted octanol–water partition coefficient (Wildman–Crippen LogP) is 5.18. The van der Waals surface area contributed by atoms with Crippen LogP contribution in [0.1, 0.15) is 24.0 Å². The topological polar surface area (TPSA) is 33.3 Å². The van der Waals surface area contributed by atoms with Gasteiger partial charge < -0.3 is 15.4 Å². The molecule has 0 saturated carbocycles. The SMILES string of the molecule is Clc1cc(CNC[C@H]2CCCN2)cc(OCc2ccc(Cl)cc2Br)c1. The Balaban J connectivity index is 1.56. The Labute approximate surface area is 167 Å². The molecule has 0 amide bonds. The third kappa shape index (κ3) is 5.87. The van der Waals surface area contributed by atoms with Gasteiger partial charge >= 0.3 is 0 Å². The lowest BCUT2D eigenvalue weighted by Crippen LogP contribution is -2.33. The van der Waals surface area contributed by atoms with Crippen molar-refractivity contribution in [1.29, 1.82) is 0 Å². The van der Waals surface area contributed by atoms with Gasteiger partial charge in [-0.25, -0.2) is 0 Å². The van der Waals surface area contributed by atoms with Crippen LogP contribution >= 0.6 is 39.1 Å². The Morgan fingerprint density at radius 3 is 2.80 bits per heavy atom. The standard InChI is InChI=1S/C19H21BrCl2N2O/c20-19-9-15(21)4-3-14(19)12-25-18-7-13(6-16(22)8-18)10-23-11-17-2-1-5-24-17/h3-4,6-9,17,23-24H,1-2,5,10-12H2/t17-/m1/s1. The maximum Gasteiger partial charge on any atom is 0.121 e. The van der Waals surface area contributed by atoms with Crippen LogP contribution in [0.5, 0.6) is 5.75 Å². The maximum absolute atomic E-state index is 6.24. The van der Waals surface area contributed by atoms with Crippen molar-refractivity contribution >= 4 is 39.1 Å². The van der Waals surface area contributed by atoms with Crippen molar-refractivity contribution in [2.45, 2.75) is 32.0 Å². The fraction of sp³-hybridized carbons (Fsp3) is 0.368. The van der Waals surface area contributed by atoms with Gasteiger partial charge in [0, 0.05) is 39.2 Å². The van der Waals surface area contributed by atoms with Crippen LogP contribution in [0, 0.1) is 0 Å². The third-order valence-corrected chi connectivity index (χ3v) is 5.41. The van der Waals surface area contributed by atoms with E-state index in [2.05, 4.69) is 26.6 Å². The van der Waals surface area contributed by atoms with Crippen LogP contribution in [0.3, 0.4) is 0 Å². The van der Waals surface area contributed by atoms with Gasteiger partial charge in [-0.3, -0.25) is 0 Å². The molecule has 6 heteroatoms. The van der Waals surface area contributed by atoms with Gasteiger partial charge in [0.25, 0.3) is 0 Å². The van der Waals surface area contributed by atoms with Crippen molar-refractivity contribution in [3.05, 3.63) is 62.0 Å². The quantitative estimate of drug-likeness (QED) is 0.618. The van der Waals surface area contributed by atoms with Crippen LogP contribution < -0.4 is 15.4 Å². The van der Waals surface area contributed by atoms with Crippen LogP contribution in [-0.2, 0) is 13.2 Å². The summed E-state index contributed by atoms with van der Waals surface area (Å²) in [6, 6.07) is 12.1. The molecule has 3 nitrogen and oxygen atoms in total. The van der Waals surface area contributed by atoms with E-state index in [4.69, 9.17) is 27.9 Å². The van der Waals surface area contributed by atoms with Crippen molar-refractivity contribution in [2.75, 3.05) is 13.1 Å². The molecule has 25 heavy (non-hydrogen) atoms. The van der Waals surface area contributed by atoms with Crippen molar-refractivity contribution in [2.24, 2.45) is 0 Å². The summed E-state index contributed by atoms with van der Waals surface area (Å²) in [7, 11) is 0. The minimum atomic E-state index is 0.455. The monoisotopic (exact) mass is 442 g/mol. The summed E-state index contributed by atoms with van der Waals surface area (Å²) in [5, 5.41) is 8.36. The van der Waals surface area contributed by atoms with Crippen molar-refractivity contribution in [1.82, 2.24) is 10.6 Å². The molecular weight excluding hydrogens is 423 g/mol. The lowest BCUT2D eigenvalue weighted by molar-refractivity contribution is 0.305. The molecule has 0 aromatic heterocycles. The molecule has 3 rings (SSSR count).